The smallest absolute Gasteiger partial charge is 0.507 e. The van der Waals surface area contributed by atoms with Crippen LogP contribution in [0.2, 0.25) is 0 Å². The molecule has 3 rings (SSSR count). The number of hydrogen-bond acceptors (Lipinski definition) is 8. The fourth-order valence-corrected chi connectivity index (χ4v) is 4.06. The first kappa shape index (κ1) is 27.5. The lowest BCUT2D eigenvalue weighted by molar-refractivity contribution is 0.0619. The summed E-state index contributed by atoms with van der Waals surface area (Å²) in [5.41, 5.74) is 1.38. The Labute approximate surface area is 213 Å². The number of nitrogens with one attached hydrogen (secondary N) is 1. The molecule has 0 aliphatic rings. The summed E-state index contributed by atoms with van der Waals surface area (Å²) in [6.07, 6.45) is -0.122. The fraction of sp³-hybridized carbons (Fsp3) is 0.370. The van der Waals surface area contributed by atoms with Crippen molar-refractivity contribution in [1.82, 2.24) is 4.98 Å². The van der Waals surface area contributed by atoms with Crippen LogP contribution in [0.3, 0.4) is 0 Å². The number of phenols is 1. The van der Waals surface area contributed by atoms with Gasteiger partial charge in [-0.3, -0.25) is 9.59 Å². The Hall–Kier alpha value is -4.05. The van der Waals surface area contributed by atoms with Gasteiger partial charge in [0.25, 0.3) is 0 Å². The van der Waals surface area contributed by atoms with Gasteiger partial charge in [-0.05, 0) is 44.0 Å². The highest BCUT2D eigenvalue weighted by Gasteiger charge is 2.18. The highest BCUT2D eigenvalue weighted by molar-refractivity contribution is 5.97. The van der Waals surface area contributed by atoms with Crippen LogP contribution in [0.15, 0.2) is 35.1 Å². The molecule has 0 aliphatic carbocycles. The minimum atomic E-state index is -1.55. The van der Waals surface area contributed by atoms with Crippen LogP contribution < -0.4 is 19.6 Å². The highest BCUT2D eigenvalue weighted by atomic mass is 16.7. The van der Waals surface area contributed by atoms with Crippen LogP contribution in [0.1, 0.15) is 55.1 Å². The molecular formula is C27H31NO9. The van der Waals surface area contributed by atoms with Crippen LogP contribution in [0.4, 0.5) is 4.79 Å². The van der Waals surface area contributed by atoms with Gasteiger partial charge in [-0.15, -0.1) is 0 Å². The number of aromatic nitrogens is 1. The summed E-state index contributed by atoms with van der Waals surface area (Å²) >= 11 is 0. The number of aryl methyl sites for hydroxylation is 1. The van der Waals surface area contributed by atoms with Gasteiger partial charge in [0.15, 0.2) is 11.2 Å². The largest absolute Gasteiger partial charge is 0.512 e. The predicted molar refractivity (Wildman–Crippen MR) is 136 cm³/mol. The number of aromatic hydroxyl groups is 1. The third-order valence-electron chi connectivity index (χ3n) is 5.72. The number of phenolic OH excluding ortho intramolecular Hbond substituents is 1. The van der Waals surface area contributed by atoms with Gasteiger partial charge in [-0.25, -0.2) is 4.79 Å². The van der Waals surface area contributed by atoms with Gasteiger partial charge in [-0.2, -0.15) is 0 Å². The number of pyridine rings is 1. The zero-order valence-electron chi connectivity index (χ0n) is 21.0. The number of benzene rings is 2. The Balaban J connectivity index is 1.78. The molecule has 0 fully saturated rings. The Morgan fingerprint density at radius 2 is 1.57 bits per heavy atom. The topological polar surface area (TPSA) is 155 Å². The van der Waals surface area contributed by atoms with Crippen molar-refractivity contribution >= 4 is 22.8 Å². The van der Waals surface area contributed by atoms with Gasteiger partial charge in [0.05, 0.1) is 11.1 Å². The van der Waals surface area contributed by atoms with Crippen molar-refractivity contribution in [3.63, 3.8) is 0 Å². The molecule has 10 heteroatoms. The number of hydrogen-bond donors (Lipinski definition) is 4. The summed E-state index contributed by atoms with van der Waals surface area (Å²) in [4.78, 5) is 38.0. The lowest BCUT2D eigenvalue weighted by Crippen LogP contribution is -2.25. The number of rotatable bonds is 12. The molecule has 1 heterocycles. The van der Waals surface area contributed by atoms with Crippen LogP contribution >= 0.6 is 0 Å². The van der Waals surface area contributed by atoms with E-state index in [1.807, 2.05) is 13.8 Å². The lowest BCUT2D eigenvalue weighted by atomic mass is 10.0. The number of carboxylic acid groups (broad SMARTS) is 1. The second kappa shape index (κ2) is 12.3. The summed E-state index contributed by atoms with van der Waals surface area (Å²) < 4.78 is 16.2. The second-order valence-electron chi connectivity index (χ2n) is 8.60. The van der Waals surface area contributed by atoms with E-state index in [4.69, 9.17) is 14.6 Å². The van der Waals surface area contributed by atoms with E-state index in [1.54, 1.807) is 18.2 Å². The molecule has 198 valence electrons. The van der Waals surface area contributed by atoms with Crippen molar-refractivity contribution in [2.75, 3.05) is 13.2 Å². The van der Waals surface area contributed by atoms with Gasteiger partial charge in [0.1, 0.15) is 36.6 Å². The number of aliphatic hydroxyl groups excluding tert-OH is 1. The molecule has 0 amide bonds. The molecule has 0 saturated carbocycles. The lowest BCUT2D eigenvalue weighted by Gasteiger charge is -2.19. The van der Waals surface area contributed by atoms with Crippen molar-refractivity contribution in [3.05, 3.63) is 57.2 Å². The van der Waals surface area contributed by atoms with E-state index in [1.165, 1.54) is 13.0 Å². The van der Waals surface area contributed by atoms with Gasteiger partial charge in [0, 0.05) is 22.6 Å². The van der Waals surface area contributed by atoms with Crippen LogP contribution in [0.25, 0.3) is 10.9 Å². The molecule has 1 atom stereocenters. The molecule has 10 nitrogen and oxygen atoms in total. The number of ether oxygens (including phenoxy) is 3. The van der Waals surface area contributed by atoms with Crippen molar-refractivity contribution < 1.29 is 39.1 Å². The average molecular weight is 514 g/mol. The van der Waals surface area contributed by atoms with Crippen LogP contribution in [-0.4, -0.2) is 51.6 Å². The minimum Gasteiger partial charge on any atom is -0.507 e. The highest BCUT2D eigenvalue weighted by Crippen LogP contribution is 2.33. The molecular weight excluding hydrogens is 482 g/mol. The monoisotopic (exact) mass is 513 g/mol. The average Bonchev–Trinajstić information content (AvgIpc) is 2.83. The molecule has 0 bridgehead atoms. The standard InChI is InChI=1S/C27H31NO9/c1-4-6-19-22(11-9-18-21(31)12-24(28-25(18)19)37-27(33)34)35-13-16(30)14-36-23-10-8-17(15(3)29)26(32)20(23)7-5-2/h8-12,16,30,32H,4-7,13-14H2,1-3H3,(H,28,31)(H,33,34). The number of H-pyrrole nitrogens is 1. The zero-order chi connectivity index (χ0) is 27.1. The Bertz CT molecular complexity index is 1350. The number of carbonyl (C=O) groups excluding carboxylic acids is 1. The molecule has 0 spiro atoms. The molecule has 4 N–H and O–H groups in total. The maximum Gasteiger partial charge on any atom is 0.512 e. The SMILES string of the molecule is CCCc1c(OCC(O)COc2ccc3c(=O)cc(OC(=O)O)[nH]c3c2CCC)ccc(C(C)=O)c1O. The Kier molecular flexibility index (Phi) is 9.13. The van der Waals surface area contributed by atoms with Gasteiger partial charge in [0.2, 0.25) is 5.88 Å². The summed E-state index contributed by atoms with van der Waals surface area (Å²) in [5, 5.41) is 30.3. The number of aromatic amines is 1. The molecule has 37 heavy (non-hydrogen) atoms. The maximum absolute atomic E-state index is 12.5. The van der Waals surface area contributed by atoms with Crippen molar-refractivity contribution in [1.29, 1.82) is 0 Å². The van der Waals surface area contributed by atoms with Gasteiger partial charge < -0.3 is 34.5 Å². The third kappa shape index (κ3) is 6.59. The number of carbonyl (C=O) groups is 2. The van der Waals surface area contributed by atoms with E-state index in [9.17, 15) is 24.6 Å². The van der Waals surface area contributed by atoms with E-state index >= 15 is 0 Å². The minimum absolute atomic E-state index is 0.113. The summed E-state index contributed by atoms with van der Waals surface area (Å²) in [5.74, 6) is 0.236. The van der Waals surface area contributed by atoms with E-state index in [0.29, 0.717) is 52.8 Å². The molecule has 2 aromatic carbocycles. The van der Waals surface area contributed by atoms with Crippen LogP contribution in [-0.2, 0) is 12.8 Å². The first-order valence-corrected chi connectivity index (χ1v) is 12.0. The Morgan fingerprint density at radius 1 is 0.973 bits per heavy atom. The van der Waals surface area contributed by atoms with Crippen molar-refractivity contribution in [2.45, 2.75) is 52.6 Å². The maximum atomic E-state index is 12.5. The van der Waals surface area contributed by atoms with E-state index < -0.39 is 17.7 Å². The van der Waals surface area contributed by atoms with Crippen molar-refractivity contribution in [3.8, 4) is 23.1 Å². The number of fused-ring (bicyclic) bond motifs is 1. The Morgan fingerprint density at radius 3 is 2.16 bits per heavy atom. The summed E-state index contributed by atoms with van der Waals surface area (Å²) in [6, 6.07) is 7.36. The quantitative estimate of drug-likeness (QED) is 0.206. The molecule has 3 aromatic rings. The summed E-state index contributed by atoms with van der Waals surface area (Å²) in [7, 11) is 0. The molecule has 1 aromatic heterocycles. The second-order valence-corrected chi connectivity index (χ2v) is 8.60. The molecule has 0 saturated heterocycles. The third-order valence-corrected chi connectivity index (χ3v) is 5.72. The molecule has 0 aliphatic heterocycles. The number of aliphatic hydroxyl groups is 1. The van der Waals surface area contributed by atoms with E-state index in [2.05, 4.69) is 9.72 Å². The van der Waals surface area contributed by atoms with Crippen LogP contribution in [0.5, 0.6) is 23.1 Å². The predicted octanol–water partition coefficient (Wildman–Crippen LogP) is 4.22. The fourth-order valence-electron chi connectivity index (χ4n) is 4.06. The summed E-state index contributed by atoms with van der Waals surface area (Å²) in [6.45, 7) is 5.01. The van der Waals surface area contributed by atoms with E-state index in [0.717, 1.165) is 12.5 Å². The number of ketones is 1. The normalized spacial score (nSPS) is 11.8. The molecule has 1 unspecified atom stereocenters. The van der Waals surface area contributed by atoms with Gasteiger partial charge in [-0.1, -0.05) is 26.7 Å². The van der Waals surface area contributed by atoms with E-state index in [-0.39, 0.29) is 36.2 Å². The first-order valence-electron chi connectivity index (χ1n) is 12.0. The van der Waals surface area contributed by atoms with Gasteiger partial charge >= 0.3 is 6.16 Å². The molecule has 0 radical (unpaired) electrons. The van der Waals surface area contributed by atoms with Crippen molar-refractivity contribution in [2.24, 2.45) is 0 Å². The zero-order valence-corrected chi connectivity index (χ0v) is 21.0. The number of Topliss-reactive ketones (excluding diaryl/α,β-unsaturated/α-hetero) is 1. The van der Waals surface area contributed by atoms with Crippen LogP contribution in [0, 0.1) is 0 Å². The first-order chi connectivity index (χ1) is 17.7.